The van der Waals surface area contributed by atoms with Crippen LogP contribution in [0.2, 0.25) is 0 Å². The van der Waals surface area contributed by atoms with Crippen LogP contribution in [0.25, 0.3) is 11.3 Å². The first-order valence-corrected chi connectivity index (χ1v) is 12.3. The van der Waals surface area contributed by atoms with E-state index in [4.69, 9.17) is 9.15 Å². The Morgan fingerprint density at radius 1 is 1.08 bits per heavy atom. The fraction of sp³-hybridized carbons (Fsp3) is 0.261. The van der Waals surface area contributed by atoms with Gasteiger partial charge < -0.3 is 14.5 Å². The number of ether oxygens (including phenoxy) is 1. The van der Waals surface area contributed by atoms with Gasteiger partial charge >= 0.3 is 12.3 Å². The van der Waals surface area contributed by atoms with E-state index in [0.717, 1.165) is 30.5 Å². The average Bonchev–Trinajstić information content (AvgIpc) is 3.22. The lowest BCUT2D eigenvalue weighted by Crippen LogP contribution is -2.29. The van der Waals surface area contributed by atoms with Gasteiger partial charge in [0.25, 0.3) is 5.95 Å². The summed E-state index contributed by atoms with van der Waals surface area (Å²) in [6, 6.07) is 6.74. The number of rotatable bonds is 7. The summed E-state index contributed by atoms with van der Waals surface area (Å²) in [7, 11) is -3.93. The largest absolute Gasteiger partial charge is 0.425 e. The molecule has 0 saturated carbocycles. The summed E-state index contributed by atoms with van der Waals surface area (Å²) in [5.74, 6) is -2.68. The van der Waals surface area contributed by atoms with Gasteiger partial charge in [-0.1, -0.05) is 6.92 Å². The van der Waals surface area contributed by atoms with Gasteiger partial charge in [-0.05, 0) is 60.9 Å². The van der Waals surface area contributed by atoms with Crippen molar-refractivity contribution in [3.05, 3.63) is 70.8 Å². The summed E-state index contributed by atoms with van der Waals surface area (Å²) in [5.41, 5.74) is -1.17. The molecule has 1 aromatic heterocycles. The van der Waals surface area contributed by atoms with Crippen molar-refractivity contribution in [2.75, 3.05) is 11.0 Å². The van der Waals surface area contributed by atoms with Gasteiger partial charge in [-0.15, -0.1) is 0 Å². The number of benzene rings is 2. The molecule has 1 atom stereocenters. The molecule has 0 bridgehead atoms. The number of carbonyl (C=O) groups is 1. The molecule has 3 aromatic rings. The average molecular weight is 532 g/mol. The lowest BCUT2D eigenvalue weighted by molar-refractivity contribution is -0.137. The number of nitrogens with one attached hydrogen (secondary N) is 2. The summed E-state index contributed by atoms with van der Waals surface area (Å²) in [4.78, 5) is 12.2. The molecule has 3 rings (SSSR count). The van der Waals surface area contributed by atoms with Gasteiger partial charge in [0.05, 0.1) is 17.9 Å². The number of sulfonamides is 1. The first-order chi connectivity index (χ1) is 16.7. The van der Waals surface area contributed by atoms with Gasteiger partial charge in [0, 0.05) is 11.6 Å². The van der Waals surface area contributed by atoms with E-state index in [9.17, 15) is 35.2 Å². The maximum absolute atomic E-state index is 14.2. The number of furan rings is 1. The van der Waals surface area contributed by atoms with E-state index in [1.807, 2.05) is 0 Å². The fourth-order valence-electron chi connectivity index (χ4n) is 3.24. The Hall–Kier alpha value is -3.61. The van der Waals surface area contributed by atoms with Gasteiger partial charge in [-0.2, -0.15) is 13.2 Å². The first kappa shape index (κ1) is 27.0. The highest BCUT2D eigenvalue weighted by atomic mass is 32.2. The number of hydrogen-bond donors (Lipinski definition) is 2. The summed E-state index contributed by atoms with van der Waals surface area (Å²) >= 11 is 0. The standard InChI is InChI=1S/C23H21F5N2O5S/c1-4-13-7-15(9-16(8-13)23(26,27)28)19-5-6-20(34-19)35-22(31)29-12(2)14-10-17(24)21(18(25)11-14)30-36(3,32)33/h5-12,30H,4H2,1-3H3,(H,29,31). The lowest BCUT2D eigenvalue weighted by atomic mass is 10.0. The van der Waals surface area contributed by atoms with Crippen molar-refractivity contribution in [1.29, 1.82) is 0 Å². The summed E-state index contributed by atoms with van der Waals surface area (Å²) < 4.78 is 103. The van der Waals surface area contributed by atoms with Crippen LogP contribution in [-0.4, -0.2) is 20.8 Å². The maximum atomic E-state index is 14.2. The number of halogens is 5. The number of amides is 1. The smallest absolute Gasteiger partial charge is 0.416 e. The molecule has 2 N–H and O–H groups in total. The number of aryl methyl sites for hydroxylation is 1. The molecule has 0 aliphatic heterocycles. The second-order valence-corrected chi connectivity index (χ2v) is 9.63. The molecule has 7 nitrogen and oxygen atoms in total. The second-order valence-electron chi connectivity index (χ2n) is 7.88. The van der Waals surface area contributed by atoms with Gasteiger partial charge in [-0.25, -0.2) is 22.0 Å². The van der Waals surface area contributed by atoms with Crippen molar-refractivity contribution in [3.63, 3.8) is 0 Å². The minimum absolute atomic E-state index is 0.0304. The minimum atomic E-state index is -4.56. The maximum Gasteiger partial charge on any atom is 0.416 e. The molecule has 2 aromatic carbocycles. The molecule has 13 heteroatoms. The SMILES string of the molecule is CCc1cc(-c2ccc(OC(=O)NC(C)c3cc(F)c(NS(C)(=O)=O)c(F)c3)o2)cc(C(F)(F)F)c1. The first-order valence-electron chi connectivity index (χ1n) is 10.4. The summed E-state index contributed by atoms with van der Waals surface area (Å²) in [6.07, 6.45) is -4.54. The predicted molar refractivity (Wildman–Crippen MR) is 121 cm³/mol. The molecule has 0 radical (unpaired) electrons. The Balaban J connectivity index is 1.72. The molecule has 0 fully saturated rings. The van der Waals surface area contributed by atoms with E-state index in [2.05, 4.69) is 5.32 Å². The molecule has 0 spiro atoms. The van der Waals surface area contributed by atoms with Crippen molar-refractivity contribution < 1.29 is 44.3 Å². The Labute approximate surface area is 203 Å². The molecule has 1 heterocycles. The Kier molecular flexibility index (Phi) is 7.62. The molecule has 36 heavy (non-hydrogen) atoms. The number of carbonyl (C=O) groups excluding carboxylic acids is 1. The highest BCUT2D eigenvalue weighted by Gasteiger charge is 2.31. The lowest BCUT2D eigenvalue weighted by Gasteiger charge is -2.15. The highest BCUT2D eigenvalue weighted by molar-refractivity contribution is 7.92. The van der Waals surface area contributed by atoms with Crippen LogP contribution in [0.4, 0.5) is 32.4 Å². The van der Waals surface area contributed by atoms with E-state index in [1.54, 1.807) is 11.6 Å². The van der Waals surface area contributed by atoms with Crippen molar-refractivity contribution >= 4 is 21.8 Å². The van der Waals surface area contributed by atoms with Crippen LogP contribution >= 0.6 is 0 Å². The quantitative estimate of drug-likeness (QED) is 0.363. The third-order valence-electron chi connectivity index (χ3n) is 4.97. The van der Waals surface area contributed by atoms with Crippen LogP contribution in [-0.2, 0) is 22.6 Å². The monoisotopic (exact) mass is 532 g/mol. The number of alkyl halides is 3. The third-order valence-corrected chi connectivity index (χ3v) is 5.55. The van der Waals surface area contributed by atoms with Crippen LogP contribution in [0.3, 0.4) is 0 Å². The van der Waals surface area contributed by atoms with Gasteiger partial charge in [-0.3, -0.25) is 4.72 Å². The van der Waals surface area contributed by atoms with Crippen molar-refractivity contribution in [1.82, 2.24) is 5.32 Å². The minimum Gasteiger partial charge on any atom is -0.425 e. The summed E-state index contributed by atoms with van der Waals surface area (Å²) in [6.45, 7) is 3.09. The zero-order chi connectivity index (χ0) is 26.8. The zero-order valence-corrected chi connectivity index (χ0v) is 20.0. The molecule has 1 unspecified atom stereocenters. The topological polar surface area (TPSA) is 97.6 Å². The van der Waals surface area contributed by atoms with E-state index in [1.165, 1.54) is 25.1 Å². The fourth-order valence-corrected chi connectivity index (χ4v) is 3.80. The van der Waals surface area contributed by atoms with Crippen LogP contribution in [0.15, 0.2) is 46.9 Å². The van der Waals surface area contributed by atoms with Gasteiger partial charge in [0.1, 0.15) is 11.4 Å². The van der Waals surface area contributed by atoms with Crippen molar-refractivity contribution in [2.24, 2.45) is 0 Å². The Bertz CT molecular complexity index is 1360. The normalized spacial score (nSPS) is 12.8. The molecule has 0 saturated heterocycles. The van der Waals surface area contributed by atoms with E-state index >= 15 is 0 Å². The molecular formula is C23H21F5N2O5S. The van der Waals surface area contributed by atoms with Crippen LogP contribution in [0, 0.1) is 11.6 Å². The second kappa shape index (κ2) is 10.2. The molecule has 1 amide bonds. The number of anilines is 1. The molecule has 0 aliphatic rings. The zero-order valence-electron chi connectivity index (χ0n) is 19.2. The van der Waals surface area contributed by atoms with Gasteiger partial charge in [0.15, 0.2) is 11.6 Å². The highest BCUT2D eigenvalue weighted by Crippen LogP contribution is 2.35. The van der Waals surface area contributed by atoms with Crippen LogP contribution in [0.1, 0.15) is 36.6 Å². The Morgan fingerprint density at radius 3 is 2.28 bits per heavy atom. The Morgan fingerprint density at radius 2 is 1.72 bits per heavy atom. The van der Waals surface area contributed by atoms with Crippen molar-refractivity contribution in [2.45, 2.75) is 32.5 Å². The molecular weight excluding hydrogens is 511 g/mol. The van der Waals surface area contributed by atoms with Crippen molar-refractivity contribution in [3.8, 4) is 17.3 Å². The predicted octanol–water partition coefficient (Wildman–Crippen LogP) is 6.03. The van der Waals surface area contributed by atoms with Crippen LogP contribution in [0.5, 0.6) is 5.95 Å². The van der Waals surface area contributed by atoms with Crippen LogP contribution < -0.4 is 14.8 Å². The third kappa shape index (κ3) is 6.74. The van der Waals surface area contributed by atoms with E-state index < -0.39 is 51.2 Å². The summed E-state index contributed by atoms with van der Waals surface area (Å²) in [5, 5.41) is 2.32. The van der Waals surface area contributed by atoms with Gasteiger partial charge in [0.2, 0.25) is 10.0 Å². The number of hydrogen-bond acceptors (Lipinski definition) is 5. The molecule has 194 valence electrons. The van der Waals surface area contributed by atoms with E-state index in [0.29, 0.717) is 12.0 Å². The molecule has 0 aliphatic carbocycles. The van der Waals surface area contributed by atoms with E-state index in [-0.39, 0.29) is 22.8 Å².